The van der Waals surface area contributed by atoms with E-state index in [0.29, 0.717) is 0 Å². The van der Waals surface area contributed by atoms with Gasteiger partial charge in [0.1, 0.15) is 17.2 Å². The molecule has 1 aliphatic heterocycles. The van der Waals surface area contributed by atoms with Crippen molar-refractivity contribution in [2.24, 2.45) is 0 Å². The van der Waals surface area contributed by atoms with E-state index in [1.165, 1.54) is 0 Å². The highest BCUT2D eigenvalue weighted by Crippen LogP contribution is 2.38. The monoisotopic (exact) mass is 370 g/mol. The van der Waals surface area contributed by atoms with Gasteiger partial charge in [-0.15, -0.1) is 0 Å². The topological polar surface area (TPSA) is 66.0 Å². The van der Waals surface area contributed by atoms with Crippen LogP contribution in [0.2, 0.25) is 0 Å². The Bertz CT molecular complexity index is 777. The second kappa shape index (κ2) is 6.74. The Labute approximate surface area is 158 Å². The van der Waals surface area contributed by atoms with Crippen LogP contribution in [0.1, 0.15) is 52.6 Å². The molecule has 0 unspecified atom stereocenters. The van der Waals surface area contributed by atoms with Gasteiger partial charge in [-0.05, 0) is 54.5 Å². The molecule has 1 N–H and O–H groups in total. The van der Waals surface area contributed by atoms with Gasteiger partial charge < -0.3 is 18.8 Å². The first kappa shape index (κ1) is 16.4. The number of anilines is 1. The van der Waals surface area contributed by atoms with Crippen LogP contribution in [0.5, 0.6) is 5.75 Å². The molecule has 6 nitrogen and oxygen atoms in total. The van der Waals surface area contributed by atoms with E-state index in [9.17, 15) is 9.18 Å². The molecule has 0 spiro atoms. The van der Waals surface area contributed by atoms with Crippen molar-refractivity contribution in [1.82, 2.24) is 0 Å². The van der Waals surface area contributed by atoms with E-state index in [1.807, 2.05) is 0 Å². The van der Waals surface area contributed by atoms with Crippen molar-refractivity contribution in [2.45, 2.75) is 65.3 Å². The zero-order valence-electron chi connectivity index (χ0n) is 19.2. The van der Waals surface area contributed by atoms with Crippen molar-refractivity contribution >= 4 is 24.4 Å². The summed E-state index contributed by atoms with van der Waals surface area (Å²) in [5, 5.41) is 2.35. The van der Waals surface area contributed by atoms with Crippen molar-refractivity contribution < 1.29 is 32.1 Å². The summed E-state index contributed by atoms with van der Waals surface area (Å²) in [5.74, 6) is -1.02. The second-order valence-electron chi connectivity index (χ2n) is 8.19. The van der Waals surface area contributed by atoms with Gasteiger partial charge in [0, 0.05) is 11.5 Å². The van der Waals surface area contributed by atoms with E-state index in [0.717, 1.165) is 12.1 Å². The molecule has 0 aromatic heterocycles. The lowest BCUT2D eigenvalue weighted by Gasteiger charge is -2.32. The molecule has 2 rings (SSSR count). The summed E-state index contributed by atoms with van der Waals surface area (Å²) < 4.78 is 58.8. The lowest BCUT2D eigenvalue weighted by atomic mass is 9.78. The lowest BCUT2D eigenvalue weighted by Crippen LogP contribution is -2.41. The van der Waals surface area contributed by atoms with Crippen molar-refractivity contribution in [3.63, 3.8) is 0 Å². The van der Waals surface area contributed by atoms with Gasteiger partial charge in [-0.1, -0.05) is 0 Å². The maximum absolute atomic E-state index is 14.4. The maximum atomic E-state index is 14.4. The highest BCUT2D eigenvalue weighted by Gasteiger charge is 2.52. The number of hydrogen-bond donors (Lipinski definition) is 1. The second-order valence-corrected chi connectivity index (χ2v) is 8.19. The van der Waals surface area contributed by atoms with Gasteiger partial charge in [-0.25, -0.2) is 9.18 Å². The van der Waals surface area contributed by atoms with Crippen LogP contribution in [0.4, 0.5) is 14.9 Å². The Kier molecular flexibility index (Phi) is 4.25. The predicted octanol–water partition coefficient (Wildman–Crippen LogP) is 3.48. The fourth-order valence-corrected chi connectivity index (χ4v) is 2.38. The number of hydrogen-bond acceptors (Lipinski definition) is 5. The Morgan fingerprint density at radius 2 is 1.81 bits per heavy atom. The molecular formula is C18H27BFNO5. The van der Waals surface area contributed by atoms with Crippen LogP contribution < -0.4 is 15.5 Å². The van der Waals surface area contributed by atoms with Crippen LogP contribution in [-0.4, -0.2) is 37.1 Å². The SMILES string of the molecule is [2H]C([2H])([2H])Oc1c(NC(=O)OC(C)(C)C)cc(F)cc1B1OC(C)(C)C(C)(C)O1. The summed E-state index contributed by atoms with van der Waals surface area (Å²) in [4.78, 5) is 12.2. The van der Waals surface area contributed by atoms with Gasteiger partial charge >= 0.3 is 13.2 Å². The Hall–Kier alpha value is -1.80. The largest absolute Gasteiger partial charge is 0.498 e. The number of carbonyl (C=O) groups is 1. The number of carbonyl (C=O) groups excluding carboxylic acids is 1. The standard InChI is InChI=1S/C18H27BFNO5/c1-16(2,3)24-15(22)21-13-10-11(20)9-12(14(13)23-8)19-25-17(4,5)18(6,7)26-19/h9-10H,1-8H3,(H,21,22)/i8D3. The Morgan fingerprint density at radius 1 is 1.23 bits per heavy atom. The minimum absolute atomic E-state index is 0.00540. The van der Waals surface area contributed by atoms with Crippen molar-refractivity contribution in [2.75, 3.05) is 12.4 Å². The summed E-state index contributed by atoms with van der Waals surface area (Å²) in [5.41, 5.74) is -2.51. The molecule has 0 aliphatic carbocycles. The molecule has 0 bridgehead atoms. The number of halogens is 1. The highest BCUT2D eigenvalue weighted by molar-refractivity contribution is 6.63. The summed E-state index contributed by atoms with van der Waals surface area (Å²) in [7, 11) is -3.96. The molecule has 1 aromatic carbocycles. The van der Waals surface area contributed by atoms with Crippen molar-refractivity contribution in [3.8, 4) is 5.75 Å². The van der Waals surface area contributed by atoms with Gasteiger partial charge in [0.05, 0.1) is 28.0 Å². The first-order valence-electron chi connectivity index (χ1n) is 9.78. The van der Waals surface area contributed by atoms with Crippen LogP contribution in [0.3, 0.4) is 0 Å². The third-order valence-electron chi connectivity index (χ3n) is 4.33. The lowest BCUT2D eigenvalue weighted by molar-refractivity contribution is 0.00578. The molecule has 0 radical (unpaired) electrons. The van der Waals surface area contributed by atoms with Gasteiger partial charge in [-0.3, -0.25) is 5.32 Å². The molecule has 1 aromatic rings. The van der Waals surface area contributed by atoms with Gasteiger partial charge in [0.15, 0.2) is 0 Å². The summed E-state index contributed by atoms with van der Waals surface area (Å²) in [6.07, 6.45) is -0.890. The average molecular weight is 370 g/mol. The third-order valence-corrected chi connectivity index (χ3v) is 4.33. The molecule has 1 saturated heterocycles. The van der Waals surface area contributed by atoms with Crippen LogP contribution in [0.15, 0.2) is 12.1 Å². The number of methoxy groups -OCH3 is 1. The molecule has 1 fully saturated rings. The van der Waals surface area contributed by atoms with Crippen LogP contribution in [-0.2, 0) is 14.0 Å². The average Bonchev–Trinajstić information content (AvgIpc) is 2.66. The summed E-state index contributed by atoms with van der Waals surface area (Å²) in [6, 6.07) is 2.00. The van der Waals surface area contributed by atoms with E-state index in [-0.39, 0.29) is 16.9 Å². The molecule has 0 saturated carbocycles. The minimum atomic E-state index is -2.86. The van der Waals surface area contributed by atoms with Crippen LogP contribution in [0, 0.1) is 5.82 Å². The first-order valence-corrected chi connectivity index (χ1v) is 8.28. The first-order chi connectivity index (χ1) is 12.9. The number of nitrogens with one attached hydrogen (secondary N) is 1. The highest BCUT2D eigenvalue weighted by atomic mass is 19.1. The van der Waals surface area contributed by atoms with E-state index in [1.54, 1.807) is 48.5 Å². The molecular weight excluding hydrogens is 340 g/mol. The number of rotatable bonds is 3. The normalized spacial score (nSPS) is 20.8. The zero-order chi connectivity index (χ0) is 22.4. The molecule has 1 amide bonds. The van der Waals surface area contributed by atoms with Crippen molar-refractivity contribution in [1.29, 1.82) is 0 Å². The van der Waals surface area contributed by atoms with E-state index >= 15 is 0 Å². The molecule has 26 heavy (non-hydrogen) atoms. The third kappa shape index (κ3) is 4.30. The van der Waals surface area contributed by atoms with Gasteiger partial charge in [-0.2, -0.15) is 0 Å². The van der Waals surface area contributed by atoms with E-state index in [2.05, 4.69) is 5.32 Å². The minimum Gasteiger partial charge on any atom is -0.495 e. The number of amides is 1. The molecule has 1 aliphatic rings. The Morgan fingerprint density at radius 3 is 2.31 bits per heavy atom. The van der Waals surface area contributed by atoms with Gasteiger partial charge in [0.2, 0.25) is 0 Å². The summed E-state index contributed by atoms with van der Waals surface area (Å²) >= 11 is 0. The zero-order valence-corrected chi connectivity index (χ0v) is 16.2. The Balaban J connectivity index is 2.51. The summed E-state index contributed by atoms with van der Waals surface area (Å²) in [6.45, 7) is 12.2. The fraction of sp³-hybridized carbons (Fsp3) is 0.611. The molecule has 144 valence electrons. The molecule has 1 heterocycles. The molecule has 8 heteroatoms. The van der Waals surface area contributed by atoms with Gasteiger partial charge in [0.25, 0.3) is 0 Å². The van der Waals surface area contributed by atoms with Crippen LogP contribution >= 0.6 is 0 Å². The van der Waals surface area contributed by atoms with E-state index < -0.39 is 42.9 Å². The quantitative estimate of drug-likeness (QED) is 0.826. The predicted molar refractivity (Wildman–Crippen MR) is 98.5 cm³/mol. The maximum Gasteiger partial charge on any atom is 0.498 e. The smallest absolute Gasteiger partial charge is 0.495 e. The van der Waals surface area contributed by atoms with E-state index in [4.69, 9.17) is 22.9 Å². The van der Waals surface area contributed by atoms with Crippen LogP contribution in [0.25, 0.3) is 0 Å². The van der Waals surface area contributed by atoms with Crippen molar-refractivity contribution in [3.05, 3.63) is 17.9 Å². The fourth-order valence-electron chi connectivity index (χ4n) is 2.38. The number of ether oxygens (including phenoxy) is 2. The number of benzene rings is 1. The molecule has 0 atom stereocenters.